The Morgan fingerprint density at radius 2 is 1.58 bits per heavy atom. The molecule has 0 radical (unpaired) electrons. The lowest BCUT2D eigenvalue weighted by Gasteiger charge is -2.12. The number of methoxy groups -OCH3 is 1. The van der Waals surface area contributed by atoms with Gasteiger partial charge in [0.25, 0.3) is 0 Å². The van der Waals surface area contributed by atoms with E-state index in [1.165, 1.54) is 7.11 Å². The first-order chi connectivity index (χ1) is 15.2. The highest BCUT2D eigenvalue weighted by molar-refractivity contribution is 5.89. The zero-order valence-corrected chi connectivity index (χ0v) is 17.5. The van der Waals surface area contributed by atoms with Gasteiger partial charge in [0.2, 0.25) is 0 Å². The van der Waals surface area contributed by atoms with E-state index in [0.717, 1.165) is 23.5 Å². The number of esters is 1. The molecule has 0 fully saturated rings. The zero-order chi connectivity index (χ0) is 21.9. The van der Waals surface area contributed by atoms with Crippen LogP contribution in [0.5, 0.6) is 17.2 Å². The monoisotopic (exact) mass is 419 g/mol. The normalized spacial score (nSPS) is 11.0. The molecule has 0 spiro atoms. The lowest BCUT2D eigenvalue weighted by Crippen LogP contribution is -2.14. The fourth-order valence-electron chi connectivity index (χ4n) is 2.65. The molecular formula is C25H25NO5. The molecule has 0 atom stereocenters. The SMILES string of the molecule is CCCONC(=COc1cccc(C(=O)OC)c1)c1ccc(Oc2ccccc2)cc1. The molecule has 0 aromatic heterocycles. The van der Waals surface area contributed by atoms with Gasteiger partial charge in [-0.1, -0.05) is 31.2 Å². The molecule has 3 aromatic rings. The minimum Gasteiger partial charge on any atom is -0.465 e. The molecule has 0 aliphatic carbocycles. The summed E-state index contributed by atoms with van der Waals surface area (Å²) < 4.78 is 16.4. The summed E-state index contributed by atoms with van der Waals surface area (Å²) in [5.74, 6) is 1.56. The molecule has 31 heavy (non-hydrogen) atoms. The molecule has 0 bridgehead atoms. The Labute approximate surface area is 182 Å². The second-order valence-electron chi connectivity index (χ2n) is 6.56. The molecule has 160 valence electrons. The van der Waals surface area contributed by atoms with E-state index in [0.29, 0.717) is 23.6 Å². The van der Waals surface area contributed by atoms with E-state index in [1.807, 2.05) is 61.5 Å². The Kier molecular flexibility index (Phi) is 8.08. The molecule has 0 unspecified atom stereocenters. The first-order valence-corrected chi connectivity index (χ1v) is 9.96. The van der Waals surface area contributed by atoms with Crippen molar-refractivity contribution in [2.75, 3.05) is 13.7 Å². The van der Waals surface area contributed by atoms with Gasteiger partial charge in [-0.05, 0) is 61.0 Å². The average molecular weight is 419 g/mol. The molecule has 0 amide bonds. The topological polar surface area (TPSA) is 66.0 Å². The second kappa shape index (κ2) is 11.4. The molecule has 3 aromatic carbocycles. The molecule has 0 aliphatic heterocycles. The van der Waals surface area contributed by atoms with E-state index in [-0.39, 0.29) is 0 Å². The third-order valence-electron chi connectivity index (χ3n) is 4.20. The van der Waals surface area contributed by atoms with Gasteiger partial charge in [-0.2, -0.15) is 0 Å². The molecular weight excluding hydrogens is 394 g/mol. The minimum atomic E-state index is -0.423. The van der Waals surface area contributed by atoms with Gasteiger partial charge in [-0.15, -0.1) is 0 Å². The molecule has 6 heteroatoms. The molecule has 0 heterocycles. The Morgan fingerprint density at radius 1 is 0.871 bits per heavy atom. The van der Waals surface area contributed by atoms with Gasteiger partial charge >= 0.3 is 5.97 Å². The van der Waals surface area contributed by atoms with Crippen LogP contribution in [0.4, 0.5) is 0 Å². The van der Waals surface area contributed by atoms with Gasteiger partial charge < -0.3 is 14.2 Å². The Bertz CT molecular complexity index is 1000. The molecule has 6 nitrogen and oxygen atoms in total. The molecule has 3 rings (SSSR count). The molecule has 0 aliphatic rings. The van der Waals surface area contributed by atoms with Gasteiger partial charge in [0.1, 0.15) is 29.2 Å². The van der Waals surface area contributed by atoms with Crippen molar-refractivity contribution in [3.05, 3.63) is 96.3 Å². The lowest BCUT2D eigenvalue weighted by molar-refractivity contribution is 0.0600. The van der Waals surface area contributed by atoms with Crippen LogP contribution in [0.3, 0.4) is 0 Å². The third kappa shape index (κ3) is 6.62. The van der Waals surface area contributed by atoms with E-state index in [9.17, 15) is 4.79 Å². The van der Waals surface area contributed by atoms with Crippen molar-refractivity contribution in [3.63, 3.8) is 0 Å². The van der Waals surface area contributed by atoms with Crippen molar-refractivity contribution < 1.29 is 23.8 Å². The number of rotatable bonds is 10. The van der Waals surface area contributed by atoms with Crippen molar-refractivity contribution in [2.45, 2.75) is 13.3 Å². The highest BCUT2D eigenvalue weighted by atomic mass is 16.6. The van der Waals surface area contributed by atoms with Crippen LogP contribution in [0.15, 0.2) is 85.1 Å². The first-order valence-electron chi connectivity index (χ1n) is 9.96. The number of benzene rings is 3. The Balaban J connectivity index is 1.76. The van der Waals surface area contributed by atoms with Crippen LogP contribution in [-0.2, 0) is 9.57 Å². The number of para-hydroxylation sites is 1. The summed E-state index contributed by atoms with van der Waals surface area (Å²) >= 11 is 0. The Morgan fingerprint density at radius 3 is 2.29 bits per heavy atom. The van der Waals surface area contributed by atoms with Crippen molar-refractivity contribution in [1.29, 1.82) is 0 Å². The van der Waals surface area contributed by atoms with Crippen LogP contribution < -0.4 is 15.0 Å². The Hall–Kier alpha value is -3.77. The van der Waals surface area contributed by atoms with E-state index in [1.54, 1.807) is 30.5 Å². The number of ether oxygens (including phenoxy) is 3. The van der Waals surface area contributed by atoms with E-state index < -0.39 is 5.97 Å². The molecule has 1 N–H and O–H groups in total. The highest BCUT2D eigenvalue weighted by Gasteiger charge is 2.08. The number of hydrogen-bond acceptors (Lipinski definition) is 6. The summed E-state index contributed by atoms with van der Waals surface area (Å²) in [5, 5.41) is 0. The van der Waals surface area contributed by atoms with Crippen molar-refractivity contribution >= 4 is 11.7 Å². The van der Waals surface area contributed by atoms with E-state index in [4.69, 9.17) is 19.0 Å². The molecule has 0 saturated heterocycles. The second-order valence-corrected chi connectivity index (χ2v) is 6.56. The maximum absolute atomic E-state index is 11.7. The summed E-state index contributed by atoms with van der Waals surface area (Å²) in [6, 6.07) is 23.9. The number of nitrogens with one attached hydrogen (secondary N) is 1. The number of hydrogen-bond donors (Lipinski definition) is 1. The summed E-state index contributed by atoms with van der Waals surface area (Å²) in [5.41, 5.74) is 4.81. The maximum Gasteiger partial charge on any atom is 0.337 e. The predicted molar refractivity (Wildman–Crippen MR) is 119 cm³/mol. The fourth-order valence-corrected chi connectivity index (χ4v) is 2.65. The quantitative estimate of drug-likeness (QED) is 0.200. The van der Waals surface area contributed by atoms with Crippen LogP contribution in [0.1, 0.15) is 29.3 Å². The van der Waals surface area contributed by atoms with Crippen LogP contribution in [-0.4, -0.2) is 19.7 Å². The number of carbonyl (C=O) groups is 1. The highest BCUT2D eigenvalue weighted by Crippen LogP contribution is 2.23. The summed E-state index contributed by atoms with van der Waals surface area (Å²) in [4.78, 5) is 17.2. The maximum atomic E-state index is 11.7. The van der Waals surface area contributed by atoms with Crippen molar-refractivity contribution in [3.8, 4) is 17.2 Å². The summed E-state index contributed by atoms with van der Waals surface area (Å²) in [6.07, 6.45) is 2.41. The van der Waals surface area contributed by atoms with Crippen molar-refractivity contribution in [2.24, 2.45) is 0 Å². The minimum absolute atomic E-state index is 0.410. The summed E-state index contributed by atoms with van der Waals surface area (Å²) in [6.45, 7) is 2.57. The average Bonchev–Trinajstić information content (AvgIpc) is 2.82. The zero-order valence-electron chi connectivity index (χ0n) is 17.5. The van der Waals surface area contributed by atoms with Crippen LogP contribution in [0, 0.1) is 0 Å². The third-order valence-corrected chi connectivity index (χ3v) is 4.20. The standard InChI is InChI=1S/C25H25NO5/c1-3-16-30-26-24(18-29-23-11-7-8-20(17-23)25(27)28-2)19-12-14-22(15-13-19)31-21-9-5-4-6-10-21/h4-15,17-18,26H,3,16H2,1-2H3. The molecule has 0 saturated carbocycles. The summed E-state index contributed by atoms with van der Waals surface area (Å²) in [7, 11) is 1.34. The van der Waals surface area contributed by atoms with E-state index >= 15 is 0 Å². The van der Waals surface area contributed by atoms with Gasteiger partial charge in [0.15, 0.2) is 0 Å². The van der Waals surface area contributed by atoms with Crippen LogP contribution in [0.2, 0.25) is 0 Å². The van der Waals surface area contributed by atoms with Gasteiger partial charge in [0.05, 0.1) is 19.3 Å². The van der Waals surface area contributed by atoms with Gasteiger partial charge in [-0.25, -0.2) is 4.79 Å². The fraction of sp³-hybridized carbons (Fsp3) is 0.160. The number of hydroxylamine groups is 1. The van der Waals surface area contributed by atoms with E-state index in [2.05, 4.69) is 5.48 Å². The predicted octanol–water partition coefficient (Wildman–Crippen LogP) is 5.57. The van der Waals surface area contributed by atoms with Crippen molar-refractivity contribution in [1.82, 2.24) is 5.48 Å². The first kappa shape index (κ1) is 21.9. The van der Waals surface area contributed by atoms with Crippen LogP contribution in [0.25, 0.3) is 5.70 Å². The lowest BCUT2D eigenvalue weighted by atomic mass is 10.1. The largest absolute Gasteiger partial charge is 0.465 e. The van der Waals surface area contributed by atoms with Gasteiger partial charge in [-0.3, -0.25) is 10.3 Å². The smallest absolute Gasteiger partial charge is 0.337 e. The number of carbonyl (C=O) groups excluding carboxylic acids is 1. The van der Waals surface area contributed by atoms with Gasteiger partial charge in [0, 0.05) is 5.56 Å². The van der Waals surface area contributed by atoms with Crippen LogP contribution >= 0.6 is 0 Å².